The van der Waals surface area contributed by atoms with E-state index in [0.29, 0.717) is 5.69 Å². The van der Waals surface area contributed by atoms with Crippen LogP contribution >= 0.6 is 0 Å². The van der Waals surface area contributed by atoms with Crippen LogP contribution in [0.1, 0.15) is 19.5 Å². The molecule has 0 amide bonds. The van der Waals surface area contributed by atoms with Crippen LogP contribution < -0.4 is 0 Å². The molecule has 0 aliphatic heterocycles. The van der Waals surface area contributed by atoms with Crippen molar-refractivity contribution < 1.29 is 9.90 Å². The number of aliphatic carboxylic acids is 1. The van der Waals surface area contributed by atoms with Gasteiger partial charge in [0, 0.05) is 6.20 Å². The maximum atomic E-state index is 11.3. The Morgan fingerprint density at radius 2 is 1.88 bits per heavy atom. The summed E-state index contributed by atoms with van der Waals surface area (Å²) in [5, 5.41) is 13.4. The Hall–Kier alpha value is -2.10. The van der Waals surface area contributed by atoms with Crippen molar-refractivity contribution in [2.24, 2.45) is 0 Å². The molecule has 0 bridgehead atoms. The van der Waals surface area contributed by atoms with Gasteiger partial charge in [-0.2, -0.15) is 5.10 Å². The first-order valence-electron chi connectivity index (χ1n) is 5.37. The smallest absolute Gasteiger partial charge is 0.315 e. The van der Waals surface area contributed by atoms with Gasteiger partial charge in [0.2, 0.25) is 0 Å². The molecule has 2 rings (SSSR count). The minimum Gasteiger partial charge on any atom is -0.481 e. The number of hydrogen-bond donors (Lipinski definition) is 1. The highest BCUT2D eigenvalue weighted by atomic mass is 16.4. The molecule has 4 heteroatoms. The lowest BCUT2D eigenvalue weighted by Gasteiger charge is -2.20. The van der Waals surface area contributed by atoms with Gasteiger partial charge < -0.3 is 5.11 Å². The summed E-state index contributed by atoms with van der Waals surface area (Å²) in [4.78, 5) is 11.3. The van der Waals surface area contributed by atoms with E-state index in [2.05, 4.69) is 5.10 Å². The quantitative estimate of drug-likeness (QED) is 0.879. The third kappa shape index (κ3) is 1.93. The van der Waals surface area contributed by atoms with Gasteiger partial charge in [0.05, 0.1) is 11.4 Å². The highest BCUT2D eigenvalue weighted by Crippen LogP contribution is 2.25. The molecule has 1 heterocycles. The zero-order valence-electron chi connectivity index (χ0n) is 9.79. The zero-order chi connectivity index (χ0) is 12.5. The third-order valence-corrected chi connectivity index (χ3v) is 2.82. The number of benzene rings is 1. The molecule has 0 spiro atoms. The van der Waals surface area contributed by atoms with Gasteiger partial charge in [-0.05, 0) is 32.0 Å². The van der Waals surface area contributed by atoms with Crippen LogP contribution in [0, 0.1) is 0 Å². The molecule has 1 aromatic heterocycles. The lowest BCUT2D eigenvalue weighted by Crippen LogP contribution is -2.31. The molecular formula is C13H14N2O2. The van der Waals surface area contributed by atoms with Gasteiger partial charge in [-0.15, -0.1) is 0 Å². The Morgan fingerprint density at radius 1 is 1.24 bits per heavy atom. The SMILES string of the molecule is CC(C)(C(=O)O)c1ccnn1-c1ccccc1. The van der Waals surface area contributed by atoms with Gasteiger partial charge in [-0.3, -0.25) is 4.79 Å². The van der Waals surface area contributed by atoms with Crippen molar-refractivity contribution >= 4 is 5.97 Å². The summed E-state index contributed by atoms with van der Waals surface area (Å²) in [7, 11) is 0. The average Bonchev–Trinajstić information content (AvgIpc) is 2.79. The first kappa shape index (κ1) is 11.4. The molecule has 17 heavy (non-hydrogen) atoms. The fourth-order valence-electron chi connectivity index (χ4n) is 1.66. The van der Waals surface area contributed by atoms with E-state index < -0.39 is 11.4 Å². The predicted octanol–water partition coefficient (Wildman–Crippen LogP) is 2.23. The van der Waals surface area contributed by atoms with Gasteiger partial charge in [0.25, 0.3) is 0 Å². The van der Waals surface area contributed by atoms with Gasteiger partial charge in [-0.1, -0.05) is 18.2 Å². The Bertz CT molecular complexity index is 529. The molecule has 0 saturated heterocycles. The second kappa shape index (κ2) is 4.05. The number of aromatic nitrogens is 2. The highest BCUT2D eigenvalue weighted by Gasteiger charge is 2.33. The van der Waals surface area contributed by atoms with Crippen LogP contribution in [-0.4, -0.2) is 20.9 Å². The number of nitrogens with zero attached hydrogens (tertiary/aromatic N) is 2. The number of para-hydroxylation sites is 1. The first-order chi connectivity index (χ1) is 8.03. The molecule has 88 valence electrons. The zero-order valence-corrected chi connectivity index (χ0v) is 9.79. The van der Waals surface area contributed by atoms with Gasteiger partial charge in [0.1, 0.15) is 5.41 Å². The van der Waals surface area contributed by atoms with Crippen LogP contribution in [0.25, 0.3) is 5.69 Å². The summed E-state index contributed by atoms with van der Waals surface area (Å²) in [6.45, 7) is 3.34. The van der Waals surface area contributed by atoms with Crippen LogP contribution in [-0.2, 0) is 10.2 Å². The predicted molar refractivity (Wildman–Crippen MR) is 64.2 cm³/mol. The molecule has 0 radical (unpaired) electrons. The van der Waals surface area contributed by atoms with Crippen molar-refractivity contribution in [3.8, 4) is 5.69 Å². The van der Waals surface area contributed by atoms with E-state index in [1.165, 1.54) is 0 Å². The molecule has 4 nitrogen and oxygen atoms in total. The first-order valence-corrected chi connectivity index (χ1v) is 5.37. The Balaban J connectivity index is 2.53. The lowest BCUT2D eigenvalue weighted by atomic mass is 9.89. The van der Waals surface area contributed by atoms with Gasteiger partial charge in [-0.25, -0.2) is 4.68 Å². The molecule has 0 fully saturated rings. The Morgan fingerprint density at radius 3 is 2.47 bits per heavy atom. The van der Waals surface area contributed by atoms with Crippen LogP contribution in [0.15, 0.2) is 42.6 Å². The Labute approximate surface area is 99.5 Å². The fourth-order valence-corrected chi connectivity index (χ4v) is 1.66. The minimum absolute atomic E-state index is 0.663. The van der Waals surface area contributed by atoms with Crippen molar-refractivity contribution in [1.29, 1.82) is 0 Å². The Kier molecular flexibility index (Phi) is 2.71. The minimum atomic E-state index is -0.966. The van der Waals surface area contributed by atoms with Gasteiger partial charge >= 0.3 is 5.97 Å². The molecule has 0 unspecified atom stereocenters. The van der Waals surface area contributed by atoms with E-state index >= 15 is 0 Å². The number of hydrogen-bond acceptors (Lipinski definition) is 2. The van der Waals surface area contributed by atoms with Crippen molar-refractivity contribution in [2.75, 3.05) is 0 Å². The van der Waals surface area contributed by atoms with Gasteiger partial charge in [0.15, 0.2) is 0 Å². The van der Waals surface area contributed by atoms with E-state index in [-0.39, 0.29) is 0 Å². The van der Waals surface area contributed by atoms with Crippen molar-refractivity contribution in [3.05, 3.63) is 48.3 Å². The number of carbonyl (C=O) groups is 1. The van der Waals surface area contributed by atoms with E-state index in [1.54, 1.807) is 30.8 Å². The highest BCUT2D eigenvalue weighted by molar-refractivity contribution is 5.79. The monoisotopic (exact) mass is 230 g/mol. The third-order valence-electron chi connectivity index (χ3n) is 2.82. The summed E-state index contributed by atoms with van der Waals surface area (Å²) in [5.41, 5.74) is 0.560. The van der Waals surface area contributed by atoms with E-state index in [0.717, 1.165) is 5.69 Å². The molecular weight excluding hydrogens is 216 g/mol. The van der Waals surface area contributed by atoms with Crippen LogP contribution in [0.4, 0.5) is 0 Å². The summed E-state index contributed by atoms with van der Waals surface area (Å²) in [6, 6.07) is 11.2. The number of carboxylic acids is 1. The number of rotatable bonds is 3. The summed E-state index contributed by atoms with van der Waals surface area (Å²) in [6.07, 6.45) is 1.62. The average molecular weight is 230 g/mol. The molecule has 0 aliphatic carbocycles. The van der Waals surface area contributed by atoms with Crippen LogP contribution in [0.2, 0.25) is 0 Å². The second-order valence-electron chi connectivity index (χ2n) is 4.39. The van der Waals surface area contributed by atoms with Crippen molar-refractivity contribution in [2.45, 2.75) is 19.3 Å². The summed E-state index contributed by atoms with van der Waals surface area (Å²) >= 11 is 0. The number of carboxylic acid groups (broad SMARTS) is 1. The molecule has 0 atom stereocenters. The molecule has 0 aliphatic rings. The van der Waals surface area contributed by atoms with E-state index in [1.807, 2.05) is 30.3 Å². The molecule has 2 aromatic rings. The van der Waals surface area contributed by atoms with Crippen LogP contribution in [0.3, 0.4) is 0 Å². The van der Waals surface area contributed by atoms with Crippen molar-refractivity contribution in [1.82, 2.24) is 9.78 Å². The van der Waals surface area contributed by atoms with E-state index in [9.17, 15) is 9.90 Å². The molecule has 1 aromatic carbocycles. The second-order valence-corrected chi connectivity index (χ2v) is 4.39. The topological polar surface area (TPSA) is 55.1 Å². The maximum absolute atomic E-state index is 11.3. The van der Waals surface area contributed by atoms with Crippen molar-refractivity contribution in [3.63, 3.8) is 0 Å². The van der Waals surface area contributed by atoms with E-state index in [4.69, 9.17) is 0 Å². The normalized spacial score (nSPS) is 11.4. The standard InChI is InChI=1S/C13H14N2O2/c1-13(2,12(16)17)11-8-9-14-15(11)10-6-4-3-5-7-10/h3-9H,1-2H3,(H,16,17). The summed E-state index contributed by atoms with van der Waals surface area (Å²) in [5.74, 6) is -0.866. The molecule has 0 saturated carbocycles. The maximum Gasteiger partial charge on any atom is 0.315 e. The summed E-state index contributed by atoms with van der Waals surface area (Å²) < 4.78 is 1.66. The lowest BCUT2D eigenvalue weighted by molar-refractivity contribution is -0.142. The largest absolute Gasteiger partial charge is 0.481 e. The van der Waals surface area contributed by atoms with Crippen LogP contribution in [0.5, 0.6) is 0 Å². The molecule has 1 N–H and O–H groups in total. The fraction of sp³-hybridized carbons (Fsp3) is 0.231.